The van der Waals surface area contributed by atoms with Crippen molar-refractivity contribution >= 4 is 39.5 Å². The standard InChI is InChI=1S/C18H19BrFNO6/c1-8(2)27-12-7-11(15(20)13(14(12)19)18(25)26)21-16(22)9-5-3-4-6-10(9)17(23)24/h7-8H,3-6H2,1-2H3,(H,21,22)(H,23,24)(H,25,26). The number of amides is 1. The van der Waals surface area contributed by atoms with Crippen molar-refractivity contribution in [3.63, 3.8) is 0 Å². The van der Waals surface area contributed by atoms with Gasteiger partial charge in [-0.15, -0.1) is 0 Å². The molecule has 9 heteroatoms. The molecule has 1 aliphatic rings. The number of carbonyl (C=O) groups excluding carboxylic acids is 1. The van der Waals surface area contributed by atoms with Crippen molar-refractivity contribution in [3.05, 3.63) is 33.1 Å². The van der Waals surface area contributed by atoms with Crippen LogP contribution < -0.4 is 10.1 Å². The van der Waals surface area contributed by atoms with E-state index < -0.39 is 29.2 Å². The number of benzene rings is 1. The molecule has 0 atom stereocenters. The fraction of sp³-hybridized carbons (Fsp3) is 0.389. The van der Waals surface area contributed by atoms with Crippen molar-refractivity contribution in [1.29, 1.82) is 0 Å². The van der Waals surface area contributed by atoms with Gasteiger partial charge in [-0.1, -0.05) is 0 Å². The maximum Gasteiger partial charge on any atom is 0.340 e. The molecule has 1 aromatic rings. The second-order valence-electron chi connectivity index (χ2n) is 6.32. The zero-order valence-electron chi connectivity index (χ0n) is 14.8. The van der Waals surface area contributed by atoms with Crippen LogP contribution in [0.5, 0.6) is 5.75 Å². The van der Waals surface area contributed by atoms with E-state index in [0.717, 1.165) is 0 Å². The minimum atomic E-state index is -1.54. The monoisotopic (exact) mass is 443 g/mol. The second-order valence-corrected chi connectivity index (χ2v) is 7.11. The Hall–Kier alpha value is -2.42. The number of carbonyl (C=O) groups is 3. The quantitative estimate of drug-likeness (QED) is 0.612. The van der Waals surface area contributed by atoms with Gasteiger partial charge < -0.3 is 20.3 Å². The molecule has 0 unspecified atom stereocenters. The highest BCUT2D eigenvalue weighted by atomic mass is 79.9. The van der Waals surface area contributed by atoms with Crippen LogP contribution in [0, 0.1) is 5.82 Å². The molecule has 7 nitrogen and oxygen atoms in total. The van der Waals surface area contributed by atoms with Crippen molar-refractivity contribution in [1.82, 2.24) is 0 Å². The lowest BCUT2D eigenvalue weighted by Gasteiger charge is -2.19. The molecule has 0 bridgehead atoms. The first-order chi connectivity index (χ1) is 12.6. The Labute approximate surface area is 163 Å². The number of aliphatic carboxylic acids is 1. The zero-order chi connectivity index (χ0) is 20.3. The maximum atomic E-state index is 14.7. The van der Waals surface area contributed by atoms with Gasteiger partial charge in [-0.25, -0.2) is 14.0 Å². The van der Waals surface area contributed by atoms with E-state index in [0.29, 0.717) is 12.8 Å². The van der Waals surface area contributed by atoms with Gasteiger partial charge in [0.05, 0.1) is 16.3 Å². The minimum absolute atomic E-state index is 0.00613. The number of halogens is 2. The van der Waals surface area contributed by atoms with Gasteiger partial charge in [-0.3, -0.25) is 4.79 Å². The van der Waals surface area contributed by atoms with Gasteiger partial charge in [-0.2, -0.15) is 0 Å². The molecule has 27 heavy (non-hydrogen) atoms. The molecule has 0 fully saturated rings. The van der Waals surface area contributed by atoms with Gasteiger partial charge in [-0.05, 0) is 55.5 Å². The Balaban J connectivity index is 2.48. The van der Waals surface area contributed by atoms with E-state index >= 15 is 0 Å². The third-order valence-electron chi connectivity index (χ3n) is 3.99. The van der Waals surface area contributed by atoms with E-state index in [1.54, 1.807) is 13.8 Å². The van der Waals surface area contributed by atoms with Crippen molar-refractivity contribution < 1.29 is 33.7 Å². The Morgan fingerprint density at radius 1 is 1.15 bits per heavy atom. The summed E-state index contributed by atoms with van der Waals surface area (Å²) in [5.74, 6) is -4.58. The fourth-order valence-electron chi connectivity index (χ4n) is 2.82. The van der Waals surface area contributed by atoms with Crippen molar-refractivity contribution in [3.8, 4) is 5.75 Å². The predicted octanol–water partition coefficient (Wildman–Crippen LogP) is 3.97. The summed E-state index contributed by atoms with van der Waals surface area (Å²) in [6.07, 6.45) is 1.48. The highest BCUT2D eigenvalue weighted by molar-refractivity contribution is 9.10. The SMILES string of the molecule is CC(C)Oc1cc(NC(=O)C2=C(C(=O)O)CCCC2)c(F)c(C(=O)O)c1Br. The molecule has 0 aromatic heterocycles. The van der Waals surface area contributed by atoms with Gasteiger partial charge >= 0.3 is 11.9 Å². The van der Waals surface area contributed by atoms with Crippen LogP contribution >= 0.6 is 15.9 Å². The van der Waals surface area contributed by atoms with Gasteiger partial charge in [0.2, 0.25) is 0 Å². The first kappa shape index (κ1) is 20.9. The lowest BCUT2D eigenvalue weighted by molar-refractivity contribution is -0.133. The highest BCUT2D eigenvalue weighted by Crippen LogP contribution is 2.37. The van der Waals surface area contributed by atoms with Gasteiger partial charge in [0, 0.05) is 17.2 Å². The Kier molecular flexibility index (Phi) is 6.59. The summed E-state index contributed by atoms with van der Waals surface area (Å²) in [5.41, 5.74) is -1.01. The van der Waals surface area contributed by atoms with Crippen LogP contribution in [0.15, 0.2) is 21.7 Å². The number of anilines is 1. The molecule has 146 valence electrons. The van der Waals surface area contributed by atoms with Crippen LogP contribution in [0.1, 0.15) is 49.9 Å². The predicted molar refractivity (Wildman–Crippen MR) is 98.6 cm³/mol. The normalized spacial score (nSPS) is 14.3. The maximum absolute atomic E-state index is 14.7. The number of carboxylic acid groups (broad SMARTS) is 2. The topological polar surface area (TPSA) is 113 Å². The van der Waals surface area contributed by atoms with Crippen LogP contribution in [0.3, 0.4) is 0 Å². The number of ether oxygens (including phenoxy) is 1. The molecule has 2 rings (SSSR count). The Bertz CT molecular complexity index is 834. The molecule has 0 spiro atoms. The lowest BCUT2D eigenvalue weighted by Crippen LogP contribution is -2.22. The number of hydrogen-bond acceptors (Lipinski definition) is 4. The zero-order valence-corrected chi connectivity index (χ0v) is 16.4. The summed E-state index contributed by atoms with van der Waals surface area (Å²) in [6, 6.07) is 1.17. The van der Waals surface area contributed by atoms with Gasteiger partial charge in [0.15, 0.2) is 5.82 Å². The number of aromatic carboxylic acids is 1. The molecule has 1 amide bonds. The molecule has 3 N–H and O–H groups in total. The third-order valence-corrected chi connectivity index (χ3v) is 4.78. The molecule has 0 heterocycles. The van der Waals surface area contributed by atoms with Crippen LogP contribution in [0.2, 0.25) is 0 Å². The number of rotatable bonds is 6. The number of hydrogen-bond donors (Lipinski definition) is 3. The summed E-state index contributed by atoms with van der Waals surface area (Å²) >= 11 is 3.02. The first-order valence-electron chi connectivity index (χ1n) is 8.32. The van der Waals surface area contributed by atoms with Gasteiger partial charge in [0.1, 0.15) is 11.3 Å². The molecule has 0 aliphatic heterocycles. The molecule has 1 aliphatic carbocycles. The summed E-state index contributed by atoms with van der Waals surface area (Å²) < 4.78 is 20.1. The molecule has 0 saturated carbocycles. The molecule has 0 radical (unpaired) electrons. The number of carboxylic acids is 2. The van der Waals surface area contributed by atoms with Crippen molar-refractivity contribution in [2.24, 2.45) is 0 Å². The van der Waals surface area contributed by atoms with Crippen LogP contribution in [0.4, 0.5) is 10.1 Å². The molecular formula is C18H19BrFNO6. The lowest BCUT2D eigenvalue weighted by atomic mass is 9.91. The summed E-state index contributed by atoms with van der Waals surface area (Å²) in [7, 11) is 0. The average molecular weight is 444 g/mol. The van der Waals surface area contributed by atoms with Crippen LogP contribution in [0.25, 0.3) is 0 Å². The Morgan fingerprint density at radius 2 is 1.74 bits per heavy atom. The largest absolute Gasteiger partial charge is 0.490 e. The molecule has 0 saturated heterocycles. The molecular weight excluding hydrogens is 425 g/mol. The third kappa shape index (κ3) is 4.65. The van der Waals surface area contributed by atoms with Crippen molar-refractivity contribution in [2.75, 3.05) is 5.32 Å². The minimum Gasteiger partial charge on any atom is -0.490 e. The Morgan fingerprint density at radius 3 is 2.26 bits per heavy atom. The fourth-order valence-corrected chi connectivity index (χ4v) is 3.37. The summed E-state index contributed by atoms with van der Waals surface area (Å²) in [5, 5.41) is 20.9. The van der Waals surface area contributed by atoms with E-state index in [9.17, 15) is 29.0 Å². The van der Waals surface area contributed by atoms with Gasteiger partial charge in [0.25, 0.3) is 5.91 Å². The summed E-state index contributed by atoms with van der Waals surface area (Å²) in [4.78, 5) is 35.3. The molecule has 1 aromatic carbocycles. The van der Waals surface area contributed by atoms with Crippen LogP contribution in [-0.4, -0.2) is 34.2 Å². The highest BCUT2D eigenvalue weighted by Gasteiger charge is 2.27. The van der Waals surface area contributed by atoms with Crippen LogP contribution in [-0.2, 0) is 9.59 Å². The smallest absolute Gasteiger partial charge is 0.340 e. The van der Waals surface area contributed by atoms with E-state index in [2.05, 4.69) is 21.2 Å². The van der Waals surface area contributed by atoms with E-state index in [4.69, 9.17) is 4.74 Å². The van der Waals surface area contributed by atoms with E-state index in [-0.39, 0.29) is 46.0 Å². The van der Waals surface area contributed by atoms with E-state index in [1.807, 2.05) is 0 Å². The van der Waals surface area contributed by atoms with Crippen molar-refractivity contribution in [2.45, 2.75) is 45.6 Å². The first-order valence-corrected chi connectivity index (χ1v) is 9.11. The number of nitrogens with one attached hydrogen (secondary N) is 1. The average Bonchev–Trinajstić information content (AvgIpc) is 2.58. The second kappa shape index (κ2) is 8.51. The van der Waals surface area contributed by atoms with E-state index in [1.165, 1.54) is 6.07 Å². The summed E-state index contributed by atoms with van der Waals surface area (Å²) in [6.45, 7) is 3.42.